The minimum atomic E-state index is -0.998. The second-order valence-corrected chi connectivity index (χ2v) is 8.72. The Morgan fingerprint density at radius 1 is 1.03 bits per heavy atom. The Kier molecular flexibility index (Phi) is 5.78. The van der Waals surface area contributed by atoms with E-state index in [2.05, 4.69) is 22.6 Å². The Balaban J connectivity index is 1.51. The van der Waals surface area contributed by atoms with Crippen molar-refractivity contribution in [3.05, 3.63) is 86.0 Å². The first-order valence-electron chi connectivity index (χ1n) is 8.84. The number of carboxylic acid groups (broad SMARTS) is 1. The average molecular weight is 531 g/mol. The number of aromatic carboxylic acids is 1. The van der Waals surface area contributed by atoms with E-state index in [1.54, 1.807) is 30.3 Å². The van der Waals surface area contributed by atoms with Crippen LogP contribution in [-0.2, 0) is 11.3 Å². The van der Waals surface area contributed by atoms with Gasteiger partial charge in [0.1, 0.15) is 11.5 Å². The van der Waals surface area contributed by atoms with Crippen LogP contribution in [0.25, 0.3) is 17.4 Å². The van der Waals surface area contributed by atoms with Gasteiger partial charge in [0.15, 0.2) is 0 Å². The summed E-state index contributed by atoms with van der Waals surface area (Å²) in [7, 11) is 0. The highest BCUT2D eigenvalue weighted by molar-refractivity contribution is 14.1. The van der Waals surface area contributed by atoms with Crippen molar-refractivity contribution >= 4 is 57.5 Å². The van der Waals surface area contributed by atoms with Gasteiger partial charge in [0.2, 0.25) is 0 Å². The molecule has 0 spiro atoms. The third-order valence-corrected chi connectivity index (χ3v) is 6.07. The molecule has 6 nitrogen and oxygen atoms in total. The molecule has 1 aromatic heterocycles. The summed E-state index contributed by atoms with van der Waals surface area (Å²) in [6, 6.07) is 17.4. The first-order chi connectivity index (χ1) is 14.4. The maximum absolute atomic E-state index is 12.7. The number of rotatable bonds is 5. The van der Waals surface area contributed by atoms with Gasteiger partial charge in [-0.25, -0.2) is 4.79 Å². The summed E-state index contributed by atoms with van der Waals surface area (Å²) in [5.41, 5.74) is 1.78. The van der Waals surface area contributed by atoms with Gasteiger partial charge in [-0.2, -0.15) is 0 Å². The molecular weight excluding hydrogens is 517 g/mol. The number of benzene rings is 2. The van der Waals surface area contributed by atoms with Crippen molar-refractivity contribution in [3.63, 3.8) is 0 Å². The molecule has 2 aromatic carbocycles. The lowest BCUT2D eigenvalue weighted by molar-refractivity contribution is -0.123. The van der Waals surface area contributed by atoms with E-state index in [-0.39, 0.29) is 23.3 Å². The van der Waals surface area contributed by atoms with Crippen molar-refractivity contribution in [1.29, 1.82) is 0 Å². The van der Waals surface area contributed by atoms with E-state index in [0.717, 1.165) is 20.9 Å². The van der Waals surface area contributed by atoms with Crippen molar-refractivity contribution in [2.24, 2.45) is 0 Å². The molecule has 8 heteroatoms. The van der Waals surface area contributed by atoms with Crippen molar-refractivity contribution in [2.45, 2.75) is 6.54 Å². The van der Waals surface area contributed by atoms with E-state index in [9.17, 15) is 14.4 Å². The average Bonchev–Trinajstić information content (AvgIpc) is 3.30. The Labute approximate surface area is 189 Å². The molecule has 0 unspecified atom stereocenters. The van der Waals surface area contributed by atoms with Gasteiger partial charge in [0, 0.05) is 15.2 Å². The number of carbonyl (C=O) groups excluding carboxylic acids is 2. The molecule has 30 heavy (non-hydrogen) atoms. The molecule has 1 fully saturated rings. The molecule has 1 aliphatic rings. The van der Waals surface area contributed by atoms with Crippen LogP contribution in [0.1, 0.15) is 21.7 Å². The molecule has 0 aliphatic carbocycles. The zero-order valence-corrected chi connectivity index (χ0v) is 18.3. The fraction of sp³-hybridized carbons (Fsp3) is 0.0455. The van der Waals surface area contributed by atoms with E-state index in [1.807, 2.05) is 24.3 Å². The predicted octanol–water partition coefficient (Wildman–Crippen LogP) is 5.49. The van der Waals surface area contributed by atoms with Crippen LogP contribution in [0.2, 0.25) is 0 Å². The zero-order chi connectivity index (χ0) is 21.3. The lowest BCUT2D eigenvalue weighted by atomic mass is 10.1. The number of amides is 2. The van der Waals surface area contributed by atoms with Crippen molar-refractivity contribution in [2.75, 3.05) is 0 Å². The van der Waals surface area contributed by atoms with Crippen LogP contribution < -0.4 is 0 Å². The van der Waals surface area contributed by atoms with Crippen LogP contribution >= 0.6 is 34.4 Å². The van der Waals surface area contributed by atoms with Gasteiger partial charge in [0.25, 0.3) is 11.1 Å². The highest BCUT2D eigenvalue weighted by Crippen LogP contribution is 2.34. The fourth-order valence-corrected chi connectivity index (χ4v) is 4.08. The van der Waals surface area contributed by atoms with E-state index in [4.69, 9.17) is 9.52 Å². The molecule has 0 atom stereocenters. The molecule has 0 radical (unpaired) electrons. The summed E-state index contributed by atoms with van der Waals surface area (Å²) in [4.78, 5) is 37.5. The number of thioether (sulfide) groups is 1. The standard InChI is InChI=1S/C22H14INO5S/c23-16-7-1-13(2-8-16)12-24-20(25)19(30-22(24)28)11-17-9-10-18(29-17)14-3-5-15(6-4-14)21(26)27/h1-11H,12H2,(H,26,27)/b19-11-. The topological polar surface area (TPSA) is 87.8 Å². The summed E-state index contributed by atoms with van der Waals surface area (Å²) in [6.07, 6.45) is 1.55. The molecule has 2 heterocycles. The first-order valence-corrected chi connectivity index (χ1v) is 10.7. The van der Waals surface area contributed by atoms with Gasteiger partial charge in [0.05, 0.1) is 17.0 Å². The van der Waals surface area contributed by atoms with Gasteiger partial charge >= 0.3 is 5.97 Å². The lowest BCUT2D eigenvalue weighted by Crippen LogP contribution is -2.27. The maximum Gasteiger partial charge on any atom is 0.335 e. The molecule has 2 amide bonds. The molecular formula is C22H14INO5S. The molecule has 0 saturated carbocycles. The Morgan fingerprint density at radius 3 is 2.40 bits per heavy atom. The lowest BCUT2D eigenvalue weighted by Gasteiger charge is -2.12. The molecule has 0 bridgehead atoms. The maximum atomic E-state index is 12.7. The van der Waals surface area contributed by atoms with E-state index in [0.29, 0.717) is 22.0 Å². The summed E-state index contributed by atoms with van der Waals surface area (Å²) >= 11 is 3.08. The molecule has 1 saturated heterocycles. The Hall–Kier alpha value is -2.85. The molecule has 4 rings (SSSR count). The zero-order valence-electron chi connectivity index (χ0n) is 15.4. The SMILES string of the molecule is O=C(O)c1ccc(-c2ccc(/C=C3\SC(=O)N(Cc4ccc(I)cc4)C3=O)o2)cc1. The van der Waals surface area contributed by atoms with Crippen LogP contribution in [0.3, 0.4) is 0 Å². The Bertz CT molecular complexity index is 1160. The minimum Gasteiger partial charge on any atom is -0.478 e. The van der Waals surface area contributed by atoms with E-state index in [1.165, 1.54) is 17.0 Å². The normalized spacial score (nSPS) is 15.2. The Morgan fingerprint density at radius 2 is 1.73 bits per heavy atom. The van der Waals surface area contributed by atoms with Crippen LogP contribution in [0, 0.1) is 3.57 Å². The van der Waals surface area contributed by atoms with E-state index < -0.39 is 5.97 Å². The molecule has 150 valence electrons. The predicted molar refractivity (Wildman–Crippen MR) is 122 cm³/mol. The summed E-state index contributed by atoms with van der Waals surface area (Å²) in [5, 5.41) is 8.67. The van der Waals surface area contributed by atoms with Crippen LogP contribution in [-0.4, -0.2) is 27.1 Å². The van der Waals surface area contributed by atoms with Crippen molar-refractivity contribution in [1.82, 2.24) is 4.90 Å². The number of hydrogen-bond donors (Lipinski definition) is 1. The number of halogens is 1. The van der Waals surface area contributed by atoms with Gasteiger partial charge < -0.3 is 9.52 Å². The smallest absolute Gasteiger partial charge is 0.335 e. The van der Waals surface area contributed by atoms with Crippen LogP contribution in [0.5, 0.6) is 0 Å². The number of hydrogen-bond acceptors (Lipinski definition) is 5. The highest BCUT2D eigenvalue weighted by Gasteiger charge is 2.35. The van der Waals surface area contributed by atoms with Crippen molar-refractivity contribution in [3.8, 4) is 11.3 Å². The number of furan rings is 1. The van der Waals surface area contributed by atoms with Crippen LogP contribution in [0.4, 0.5) is 4.79 Å². The minimum absolute atomic E-state index is 0.187. The number of nitrogens with zero attached hydrogens (tertiary/aromatic N) is 1. The molecule has 3 aromatic rings. The summed E-state index contributed by atoms with van der Waals surface area (Å²) in [5.74, 6) is -0.377. The fourth-order valence-electron chi connectivity index (χ4n) is 2.90. The molecule has 1 N–H and O–H groups in total. The summed E-state index contributed by atoms with van der Waals surface area (Å²) < 4.78 is 6.84. The molecule has 1 aliphatic heterocycles. The van der Waals surface area contributed by atoms with Crippen LogP contribution in [0.15, 0.2) is 70.0 Å². The van der Waals surface area contributed by atoms with Gasteiger partial charge in [-0.3, -0.25) is 14.5 Å². The van der Waals surface area contributed by atoms with Crippen molar-refractivity contribution < 1.29 is 23.9 Å². The number of carboxylic acids is 1. The number of carbonyl (C=O) groups is 3. The highest BCUT2D eigenvalue weighted by atomic mass is 127. The van der Waals surface area contributed by atoms with Gasteiger partial charge in [-0.15, -0.1) is 0 Å². The monoisotopic (exact) mass is 531 g/mol. The number of imide groups is 1. The summed E-state index contributed by atoms with van der Waals surface area (Å²) in [6.45, 7) is 0.220. The first kappa shape index (κ1) is 20.4. The second-order valence-electron chi connectivity index (χ2n) is 6.48. The van der Waals surface area contributed by atoms with E-state index >= 15 is 0 Å². The largest absolute Gasteiger partial charge is 0.478 e. The third kappa shape index (κ3) is 4.34. The third-order valence-electron chi connectivity index (χ3n) is 4.44. The van der Waals surface area contributed by atoms with Gasteiger partial charge in [-0.1, -0.05) is 24.3 Å². The second kappa shape index (κ2) is 8.49. The quantitative estimate of drug-likeness (QED) is 0.346. The van der Waals surface area contributed by atoms with Gasteiger partial charge in [-0.05, 0) is 76.3 Å².